The highest BCUT2D eigenvalue weighted by Crippen LogP contribution is 2.21. The summed E-state index contributed by atoms with van der Waals surface area (Å²) in [6, 6.07) is 6.97. The highest BCUT2D eigenvalue weighted by atomic mass is 35.5. The molecule has 1 aromatic carbocycles. The minimum Gasteiger partial charge on any atom is -0.387 e. The summed E-state index contributed by atoms with van der Waals surface area (Å²) in [5, 5.41) is 16.3. The summed E-state index contributed by atoms with van der Waals surface area (Å²) in [5.41, 5.74) is 0.638. The second-order valence-electron chi connectivity index (χ2n) is 4.43. The Balaban J connectivity index is 1.86. The van der Waals surface area contributed by atoms with Crippen molar-refractivity contribution in [2.75, 3.05) is 13.1 Å². The lowest BCUT2D eigenvalue weighted by molar-refractivity contribution is -0.123. The Labute approximate surface area is 111 Å². The number of hydrogen-bond acceptors (Lipinski definition) is 3. The predicted octanol–water partition coefficient (Wildman–Crippen LogP) is 1.24. The minimum absolute atomic E-state index is 0.0568. The number of benzene rings is 1. The zero-order chi connectivity index (χ0) is 13.0. The number of nitrogens with one attached hydrogen (secondary N) is 2. The number of carbonyl (C=O) groups excluding carboxylic acids is 1. The van der Waals surface area contributed by atoms with E-state index in [2.05, 4.69) is 10.6 Å². The molecule has 1 aliphatic heterocycles. The van der Waals surface area contributed by atoms with E-state index < -0.39 is 6.10 Å². The van der Waals surface area contributed by atoms with Gasteiger partial charge in [-0.05, 0) is 25.5 Å². The molecule has 2 rings (SSSR count). The van der Waals surface area contributed by atoms with Crippen LogP contribution in [0, 0.1) is 0 Å². The standard InChI is InChI=1S/C13H17ClN2O2/c14-10-5-2-1-4-9(10)12(17)8-16-13(18)11-6-3-7-15-11/h1-2,4-5,11-12,15,17H,3,6-8H2,(H,16,18)/t11-,12+/m0/s1. The molecule has 18 heavy (non-hydrogen) atoms. The first-order chi connectivity index (χ1) is 8.68. The van der Waals surface area contributed by atoms with E-state index in [1.165, 1.54) is 0 Å². The number of amides is 1. The molecule has 0 aromatic heterocycles. The van der Waals surface area contributed by atoms with Crippen LogP contribution in [0.4, 0.5) is 0 Å². The topological polar surface area (TPSA) is 61.4 Å². The Kier molecular flexibility index (Phi) is 4.58. The van der Waals surface area contributed by atoms with Crippen molar-refractivity contribution in [2.45, 2.75) is 25.0 Å². The maximum absolute atomic E-state index is 11.7. The van der Waals surface area contributed by atoms with Crippen LogP contribution in [0.15, 0.2) is 24.3 Å². The second-order valence-corrected chi connectivity index (χ2v) is 4.84. The third-order valence-corrected chi connectivity index (χ3v) is 3.45. The van der Waals surface area contributed by atoms with Gasteiger partial charge in [0.2, 0.25) is 5.91 Å². The molecule has 1 aliphatic rings. The van der Waals surface area contributed by atoms with Crippen LogP contribution in [0.3, 0.4) is 0 Å². The number of aliphatic hydroxyl groups is 1. The van der Waals surface area contributed by atoms with Gasteiger partial charge in [0.25, 0.3) is 0 Å². The first-order valence-corrected chi connectivity index (χ1v) is 6.50. The van der Waals surface area contributed by atoms with Gasteiger partial charge >= 0.3 is 0 Å². The molecule has 0 saturated carbocycles. The number of rotatable bonds is 4. The summed E-state index contributed by atoms with van der Waals surface area (Å²) in [5.74, 6) is -0.0568. The third kappa shape index (κ3) is 3.22. The van der Waals surface area contributed by atoms with Crippen LogP contribution < -0.4 is 10.6 Å². The fraction of sp³-hybridized carbons (Fsp3) is 0.462. The van der Waals surface area contributed by atoms with Gasteiger partial charge in [-0.3, -0.25) is 4.79 Å². The SMILES string of the molecule is O=C(NC[C@@H](O)c1ccccc1Cl)[C@@H]1CCCN1. The van der Waals surface area contributed by atoms with Crippen LogP contribution >= 0.6 is 11.6 Å². The van der Waals surface area contributed by atoms with E-state index in [-0.39, 0.29) is 18.5 Å². The van der Waals surface area contributed by atoms with Gasteiger partial charge in [-0.25, -0.2) is 0 Å². The molecule has 0 aliphatic carbocycles. The summed E-state index contributed by atoms with van der Waals surface area (Å²) >= 11 is 5.98. The van der Waals surface area contributed by atoms with Crippen molar-refractivity contribution >= 4 is 17.5 Å². The maximum atomic E-state index is 11.7. The largest absolute Gasteiger partial charge is 0.387 e. The molecule has 1 amide bonds. The molecule has 5 heteroatoms. The lowest BCUT2D eigenvalue weighted by Gasteiger charge is -2.16. The van der Waals surface area contributed by atoms with Crippen molar-refractivity contribution in [3.63, 3.8) is 0 Å². The summed E-state index contributed by atoms with van der Waals surface area (Å²) in [6.45, 7) is 1.06. The first kappa shape index (κ1) is 13.3. The average molecular weight is 269 g/mol. The molecule has 0 unspecified atom stereocenters. The number of carbonyl (C=O) groups is 1. The van der Waals surface area contributed by atoms with E-state index in [9.17, 15) is 9.90 Å². The van der Waals surface area contributed by atoms with Crippen molar-refractivity contribution in [3.8, 4) is 0 Å². The van der Waals surface area contributed by atoms with Gasteiger partial charge in [-0.15, -0.1) is 0 Å². The molecule has 1 saturated heterocycles. The van der Waals surface area contributed by atoms with E-state index in [4.69, 9.17) is 11.6 Å². The maximum Gasteiger partial charge on any atom is 0.237 e. The molecular formula is C13H17ClN2O2. The zero-order valence-corrected chi connectivity index (χ0v) is 10.8. The van der Waals surface area contributed by atoms with Gasteiger partial charge in [-0.2, -0.15) is 0 Å². The molecule has 1 aromatic rings. The lowest BCUT2D eigenvalue weighted by atomic mass is 10.1. The Hall–Kier alpha value is -1.10. The quantitative estimate of drug-likeness (QED) is 0.770. The van der Waals surface area contributed by atoms with Crippen LogP contribution in [-0.4, -0.2) is 30.1 Å². The Morgan fingerprint density at radius 1 is 1.56 bits per heavy atom. The van der Waals surface area contributed by atoms with Gasteiger partial charge in [0.1, 0.15) is 0 Å². The van der Waals surface area contributed by atoms with Gasteiger partial charge in [0.05, 0.1) is 12.1 Å². The van der Waals surface area contributed by atoms with Crippen LogP contribution in [-0.2, 0) is 4.79 Å². The van der Waals surface area contributed by atoms with Gasteiger partial charge in [0.15, 0.2) is 0 Å². The summed E-state index contributed by atoms with van der Waals surface area (Å²) in [6.07, 6.45) is 1.10. The molecule has 3 N–H and O–H groups in total. The monoisotopic (exact) mass is 268 g/mol. The lowest BCUT2D eigenvalue weighted by Crippen LogP contribution is -2.41. The van der Waals surface area contributed by atoms with Gasteiger partial charge < -0.3 is 15.7 Å². The van der Waals surface area contributed by atoms with E-state index in [0.29, 0.717) is 10.6 Å². The molecular weight excluding hydrogens is 252 g/mol. The van der Waals surface area contributed by atoms with Crippen molar-refractivity contribution < 1.29 is 9.90 Å². The number of aliphatic hydroxyl groups excluding tert-OH is 1. The average Bonchev–Trinajstić information content (AvgIpc) is 2.90. The fourth-order valence-corrected chi connectivity index (χ4v) is 2.35. The van der Waals surface area contributed by atoms with Crippen molar-refractivity contribution in [2.24, 2.45) is 0 Å². The van der Waals surface area contributed by atoms with Gasteiger partial charge in [0, 0.05) is 17.1 Å². The van der Waals surface area contributed by atoms with E-state index >= 15 is 0 Å². The zero-order valence-electron chi connectivity index (χ0n) is 10.0. The number of halogens is 1. The molecule has 1 fully saturated rings. The summed E-state index contributed by atoms with van der Waals surface area (Å²) in [7, 11) is 0. The Morgan fingerprint density at radius 2 is 2.33 bits per heavy atom. The van der Waals surface area contributed by atoms with Crippen LogP contribution in [0.1, 0.15) is 24.5 Å². The number of hydrogen-bond donors (Lipinski definition) is 3. The molecule has 0 spiro atoms. The minimum atomic E-state index is -0.774. The van der Waals surface area contributed by atoms with Crippen LogP contribution in [0.2, 0.25) is 5.02 Å². The molecule has 4 nitrogen and oxygen atoms in total. The molecule has 0 radical (unpaired) electrons. The van der Waals surface area contributed by atoms with Gasteiger partial charge in [-0.1, -0.05) is 29.8 Å². The van der Waals surface area contributed by atoms with E-state index in [0.717, 1.165) is 19.4 Å². The first-order valence-electron chi connectivity index (χ1n) is 6.12. The normalized spacial score (nSPS) is 20.7. The highest BCUT2D eigenvalue weighted by Gasteiger charge is 2.22. The summed E-state index contributed by atoms with van der Waals surface area (Å²) in [4.78, 5) is 11.7. The Bertz CT molecular complexity index is 419. The summed E-state index contributed by atoms with van der Waals surface area (Å²) < 4.78 is 0. The Morgan fingerprint density at radius 3 is 3.00 bits per heavy atom. The van der Waals surface area contributed by atoms with E-state index in [1.54, 1.807) is 18.2 Å². The molecule has 98 valence electrons. The van der Waals surface area contributed by atoms with Crippen molar-refractivity contribution in [1.82, 2.24) is 10.6 Å². The van der Waals surface area contributed by atoms with Crippen molar-refractivity contribution in [3.05, 3.63) is 34.9 Å². The third-order valence-electron chi connectivity index (χ3n) is 3.11. The van der Waals surface area contributed by atoms with Crippen molar-refractivity contribution in [1.29, 1.82) is 0 Å². The molecule has 2 atom stereocenters. The fourth-order valence-electron chi connectivity index (χ4n) is 2.08. The molecule has 0 bridgehead atoms. The molecule has 1 heterocycles. The highest BCUT2D eigenvalue weighted by molar-refractivity contribution is 6.31. The van der Waals surface area contributed by atoms with Crippen LogP contribution in [0.25, 0.3) is 0 Å². The predicted molar refractivity (Wildman–Crippen MR) is 70.4 cm³/mol. The second kappa shape index (κ2) is 6.18. The van der Waals surface area contributed by atoms with Crippen LogP contribution in [0.5, 0.6) is 0 Å². The smallest absolute Gasteiger partial charge is 0.237 e. The van der Waals surface area contributed by atoms with E-state index in [1.807, 2.05) is 6.07 Å².